The van der Waals surface area contributed by atoms with Gasteiger partial charge in [0.1, 0.15) is 0 Å². The van der Waals surface area contributed by atoms with E-state index in [0.717, 1.165) is 11.2 Å². The fourth-order valence-electron chi connectivity index (χ4n) is 3.95. The highest BCUT2D eigenvalue weighted by atomic mass is 28.3. The van der Waals surface area contributed by atoms with Crippen LogP contribution in [-0.2, 0) is 0 Å². The molecule has 5 rings (SSSR count). The Hall–Kier alpha value is -2.71. The van der Waals surface area contributed by atoms with Crippen LogP contribution in [0, 0.1) is 0 Å². The lowest BCUT2D eigenvalue weighted by atomic mass is 10.0. The van der Waals surface area contributed by atoms with Crippen molar-refractivity contribution < 1.29 is 0 Å². The van der Waals surface area contributed by atoms with Gasteiger partial charge in [-0.05, 0) is 34.4 Å². The summed E-state index contributed by atoms with van der Waals surface area (Å²) in [6.07, 6.45) is 0. The summed E-state index contributed by atoms with van der Waals surface area (Å²) >= 11 is 0. The molecular weight excluding hydrogens is 330 g/mol. The van der Waals surface area contributed by atoms with E-state index < -0.39 is 8.07 Å². The number of aromatic nitrogens is 1. The third-order valence-electron chi connectivity index (χ3n) is 5.37. The zero-order valence-corrected chi connectivity index (χ0v) is 16.4. The molecule has 1 aliphatic rings. The van der Waals surface area contributed by atoms with Crippen molar-refractivity contribution >= 4 is 24.2 Å². The first-order chi connectivity index (χ1) is 12.5. The molecule has 1 nitrogen and oxygen atoms in total. The number of pyridine rings is 1. The number of hydrogen-bond acceptors (Lipinski definition) is 1. The molecule has 0 aliphatic heterocycles. The predicted molar refractivity (Wildman–Crippen MR) is 115 cm³/mol. The molecule has 1 aromatic heterocycles. The molecule has 0 radical (unpaired) electrons. The molecule has 0 unspecified atom stereocenters. The Labute approximate surface area is 155 Å². The van der Waals surface area contributed by atoms with E-state index in [1.165, 1.54) is 38.4 Å². The second-order valence-corrected chi connectivity index (χ2v) is 13.2. The minimum atomic E-state index is -1.34. The molecule has 26 heavy (non-hydrogen) atoms. The molecule has 0 spiro atoms. The van der Waals surface area contributed by atoms with Gasteiger partial charge in [-0.15, -0.1) is 0 Å². The summed E-state index contributed by atoms with van der Waals surface area (Å²) < 4.78 is 0. The summed E-state index contributed by atoms with van der Waals surface area (Å²) in [6, 6.07) is 26.3. The summed E-state index contributed by atoms with van der Waals surface area (Å²) in [5, 5.41) is 2.81. The average molecular weight is 352 g/mol. The first-order valence-electron chi connectivity index (χ1n) is 9.17. The number of fused-ring (bicyclic) bond motifs is 3. The minimum Gasteiger partial charge on any atom is -0.248 e. The van der Waals surface area contributed by atoms with Gasteiger partial charge < -0.3 is 0 Å². The highest BCUT2D eigenvalue weighted by molar-refractivity contribution is 6.88. The van der Waals surface area contributed by atoms with Crippen LogP contribution >= 0.6 is 0 Å². The van der Waals surface area contributed by atoms with E-state index in [0.29, 0.717) is 0 Å². The van der Waals surface area contributed by atoms with Crippen LogP contribution in [0.5, 0.6) is 0 Å². The molecule has 4 aromatic rings. The molecule has 0 saturated carbocycles. The predicted octanol–water partition coefficient (Wildman–Crippen LogP) is 6.09. The average Bonchev–Trinajstić information content (AvgIpc) is 2.97. The Balaban J connectivity index is 1.81. The molecule has 2 heteroatoms. The second kappa shape index (κ2) is 5.39. The van der Waals surface area contributed by atoms with Gasteiger partial charge in [-0.1, -0.05) is 85.5 Å². The van der Waals surface area contributed by atoms with Crippen LogP contribution in [0.15, 0.2) is 72.8 Å². The molecule has 0 bridgehead atoms. The van der Waals surface area contributed by atoms with Crippen LogP contribution in [0.2, 0.25) is 19.6 Å². The van der Waals surface area contributed by atoms with Crippen LogP contribution in [0.1, 0.15) is 0 Å². The van der Waals surface area contributed by atoms with E-state index in [9.17, 15) is 0 Å². The van der Waals surface area contributed by atoms with E-state index in [4.69, 9.17) is 4.98 Å². The van der Waals surface area contributed by atoms with Gasteiger partial charge in [0.25, 0.3) is 0 Å². The Kier molecular flexibility index (Phi) is 3.22. The zero-order chi connectivity index (χ0) is 17.9. The Morgan fingerprint density at radius 1 is 0.654 bits per heavy atom. The molecule has 0 amide bonds. The van der Waals surface area contributed by atoms with Crippen LogP contribution in [0.4, 0.5) is 0 Å². The van der Waals surface area contributed by atoms with Gasteiger partial charge in [-0.3, -0.25) is 0 Å². The Morgan fingerprint density at radius 3 is 2.23 bits per heavy atom. The molecule has 3 aromatic carbocycles. The van der Waals surface area contributed by atoms with Gasteiger partial charge in [-0.25, -0.2) is 4.98 Å². The van der Waals surface area contributed by atoms with Crippen molar-refractivity contribution in [2.45, 2.75) is 19.6 Å². The molecule has 0 saturated heterocycles. The number of hydrogen-bond donors (Lipinski definition) is 0. The number of benzene rings is 3. The van der Waals surface area contributed by atoms with Gasteiger partial charge in [0, 0.05) is 10.9 Å². The zero-order valence-electron chi connectivity index (χ0n) is 15.4. The van der Waals surface area contributed by atoms with Crippen molar-refractivity contribution in [3.63, 3.8) is 0 Å². The first-order valence-corrected chi connectivity index (χ1v) is 12.7. The van der Waals surface area contributed by atoms with E-state index in [-0.39, 0.29) is 0 Å². The highest BCUT2D eigenvalue weighted by Crippen LogP contribution is 2.47. The molecule has 1 heterocycles. The summed E-state index contributed by atoms with van der Waals surface area (Å²) in [5.74, 6) is 0. The van der Waals surface area contributed by atoms with Crippen LogP contribution < -0.4 is 5.19 Å². The van der Waals surface area contributed by atoms with Crippen molar-refractivity contribution in [3.8, 4) is 33.5 Å². The monoisotopic (exact) mass is 351 g/mol. The lowest BCUT2D eigenvalue weighted by molar-refractivity contribution is 1.40. The molecular formula is C24H21NSi. The maximum Gasteiger partial charge on any atom is 0.0776 e. The van der Waals surface area contributed by atoms with Crippen LogP contribution in [-0.4, -0.2) is 13.1 Å². The Morgan fingerprint density at radius 2 is 1.46 bits per heavy atom. The SMILES string of the molecule is C[Si](C)(C)c1ccc2c(c1)-c1cccc3nc(-c4ccccc4)cc-2c13. The van der Waals surface area contributed by atoms with Gasteiger partial charge in [0.2, 0.25) is 0 Å². The summed E-state index contributed by atoms with van der Waals surface area (Å²) in [7, 11) is -1.34. The van der Waals surface area contributed by atoms with Gasteiger partial charge in [-0.2, -0.15) is 0 Å². The first kappa shape index (κ1) is 15.5. The van der Waals surface area contributed by atoms with E-state index in [1.807, 2.05) is 0 Å². The largest absolute Gasteiger partial charge is 0.248 e. The van der Waals surface area contributed by atoms with Crippen LogP contribution in [0.25, 0.3) is 44.4 Å². The fraction of sp³-hybridized carbons (Fsp3) is 0.125. The maximum atomic E-state index is 4.97. The minimum absolute atomic E-state index is 1.05. The van der Waals surface area contributed by atoms with Crippen molar-refractivity contribution in [2.24, 2.45) is 0 Å². The Bertz CT molecular complexity index is 1150. The van der Waals surface area contributed by atoms with Crippen LogP contribution in [0.3, 0.4) is 0 Å². The smallest absolute Gasteiger partial charge is 0.0776 e. The number of nitrogens with zero attached hydrogens (tertiary/aromatic N) is 1. The molecule has 1 aliphatic carbocycles. The standard InChI is InChI=1S/C24H21NSi/c1-26(2,3)17-12-13-18-20(14-17)19-10-7-11-22-24(19)21(18)15-23(25-22)16-8-5-4-6-9-16/h4-15H,1-3H3. The van der Waals surface area contributed by atoms with E-state index >= 15 is 0 Å². The van der Waals surface area contributed by atoms with Gasteiger partial charge >= 0.3 is 0 Å². The summed E-state index contributed by atoms with van der Waals surface area (Å²) in [6.45, 7) is 7.23. The second-order valence-electron chi connectivity index (χ2n) is 8.13. The molecule has 126 valence electrons. The van der Waals surface area contributed by atoms with Crippen molar-refractivity contribution in [2.75, 3.05) is 0 Å². The fourth-order valence-corrected chi connectivity index (χ4v) is 5.11. The van der Waals surface area contributed by atoms with Crippen molar-refractivity contribution in [1.82, 2.24) is 4.98 Å². The molecule has 0 N–H and O–H groups in total. The van der Waals surface area contributed by atoms with E-state index in [1.54, 1.807) is 0 Å². The maximum absolute atomic E-state index is 4.97. The molecule has 0 fully saturated rings. The number of rotatable bonds is 2. The molecule has 0 atom stereocenters. The quantitative estimate of drug-likeness (QED) is 0.350. The third-order valence-corrected chi connectivity index (χ3v) is 7.41. The van der Waals surface area contributed by atoms with E-state index in [2.05, 4.69) is 92.4 Å². The van der Waals surface area contributed by atoms with Gasteiger partial charge in [0.15, 0.2) is 0 Å². The normalized spacial score (nSPS) is 12.4. The highest BCUT2D eigenvalue weighted by Gasteiger charge is 2.25. The lowest BCUT2D eigenvalue weighted by Crippen LogP contribution is -2.37. The third kappa shape index (κ3) is 2.26. The lowest BCUT2D eigenvalue weighted by Gasteiger charge is -2.18. The summed E-state index contributed by atoms with van der Waals surface area (Å²) in [4.78, 5) is 4.97. The van der Waals surface area contributed by atoms with Crippen molar-refractivity contribution in [1.29, 1.82) is 0 Å². The van der Waals surface area contributed by atoms with Crippen molar-refractivity contribution in [3.05, 3.63) is 72.8 Å². The van der Waals surface area contributed by atoms with Gasteiger partial charge in [0.05, 0.1) is 19.3 Å². The topological polar surface area (TPSA) is 12.9 Å². The summed E-state index contributed by atoms with van der Waals surface area (Å²) in [5.41, 5.74) is 8.68.